The van der Waals surface area contributed by atoms with Gasteiger partial charge in [0.15, 0.2) is 29.7 Å². The number of para-hydroxylation sites is 1. The molecule has 1 amide bonds. The van der Waals surface area contributed by atoms with Crippen molar-refractivity contribution in [2.45, 2.75) is 65.7 Å². The second-order valence-electron chi connectivity index (χ2n) is 14.5. The molecular formula is C40H44N2O5. The number of hydrogen-bond donors (Lipinski definition) is 1. The fourth-order valence-electron chi connectivity index (χ4n) is 7.38. The van der Waals surface area contributed by atoms with Crippen molar-refractivity contribution in [1.29, 1.82) is 0 Å². The summed E-state index contributed by atoms with van der Waals surface area (Å²) in [4.78, 5) is 43.3. The lowest BCUT2D eigenvalue weighted by Crippen LogP contribution is -2.45. The third-order valence-corrected chi connectivity index (χ3v) is 9.43. The van der Waals surface area contributed by atoms with Crippen LogP contribution in [-0.4, -0.2) is 42.6 Å². The van der Waals surface area contributed by atoms with Gasteiger partial charge in [0.2, 0.25) is 0 Å². The first-order valence-corrected chi connectivity index (χ1v) is 16.4. The number of nitrogens with one attached hydrogen (secondary N) is 1. The van der Waals surface area contributed by atoms with Crippen molar-refractivity contribution in [3.8, 4) is 11.5 Å². The summed E-state index contributed by atoms with van der Waals surface area (Å²) in [6.45, 7) is 9.12. The van der Waals surface area contributed by atoms with Gasteiger partial charge in [0.1, 0.15) is 0 Å². The second kappa shape index (κ2) is 12.9. The van der Waals surface area contributed by atoms with Gasteiger partial charge in [0, 0.05) is 53.5 Å². The molecule has 6 rings (SSSR count). The molecule has 3 aromatic rings. The van der Waals surface area contributed by atoms with Crippen LogP contribution in [0.3, 0.4) is 0 Å². The van der Waals surface area contributed by atoms with E-state index in [0.717, 1.165) is 47.4 Å². The third kappa shape index (κ3) is 6.90. The number of carbonyl (C=O) groups excluding carboxylic acids is 3. The molecule has 0 radical (unpaired) electrons. The Morgan fingerprint density at radius 3 is 1.94 bits per heavy atom. The maximum Gasteiger partial charge on any atom is 0.262 e. The molecule has 2 aliphatic carbocycles. The van der Waals surface area contributed by atoms with Gasteiger partial charge in [0.05, 0.1) is 7.11 Å². The second-order valence-corrected chi connectivity index (χ2v) is 14.5. The van der Waals surface area contributed by atoms with E-state index in [2.05, 4.69) is 50.0 Å². The molecule has 0 fully saturated rings. The lowest BCUT2D eigenvalue weighted by atomic mass is 9.63. The molecule has 1 N–H and O–H groups in total. The van der Waals surface area contributed by atoms with Crippen LogP contribution in [0.5, 0.6) is 11.5 Å². The lowest BCUT2D eigenvalue weighted by molar-refractivity contribution is -0.120. The van der Waals surface area contributed by atoms with Crippen LogP contribution in [0.2, 0.25) is 0 Å². The summed E-state index contributed by atoms with van der Waals surface area (Å²) < 4.78 is 11.7. The predicted octanol–water partition coefficient (Wildman–Crippen LogP) is 7.64. The molecule has 0 saturated carbocycles. The van der Waals surface area contributed by atoms with E-state index in [9.17, 15) is 14.4 Å². The van der Waals surface area contributed by atoms with Crippen molar-refractivity contribution < 1.29 is 23.9 Å². The number of methoxy groups -OCH3 is 1. The van der Waals surface area contributed by atoms with Gasteiger partial charge in [-0.1, -0.05) is 82.3 Å². The number of amides is 1. The van der Waals surface area contributed by atoms with E-state index in [0.29, 0.717) is 36.6 Å². The van der Waals surface area contributed by atoms with Gasteiger partial charge in [0.25, 0.3) is 5.91 Å². The summed E-state index contributed by atoms with van der Waals surface area (Å²) in [7, 11) is 1.56. The first kappa shape index (κ1) is 32.3. The number of rotatable bonds is 9. The first-order valence-electron chi connectivity index (χ1n) is 16.4. The number of benzene rings is 3. The Balaban J connectivity index is 1.39. The van der Waals surface area contributed by atoms with Gasteiger partial charge in [-0.15, -0.1) is 0 Å². The molecule has 7 heteroatoms. The molecule has 0 aromatic heterocycles. The zero-order valence-electron chi connectivity index (χ0n) is 28.0. The number of hydrogen-bond acceptors (Lipinski definition) is 6. The quantitative estimate of drug-likeness (QED) is 0.261. The molecule has 0 unspecified atom stereocenters. The van der Waals surface area contributed by atoms with E-state index < -0.39 is 5.92 Å². The largest absolute Gasteiger partial charge is 0.493 e. The molecule has 0 saturated heterocycles. The van der Waals surface area contributed by atoms with Crippen LogP contribution in [0.4, 0.5) is 5.69 Å². The average Bonchev–Trinajstić information content (AvgIpc) is 3.02. The summed E-state index contributed by atoms with van der Waals surface area (Å²) in [5.41, 5.74) is 5.84. The summed E-state index contributed by atoms with van der Waals surface area (Å²) in [5, 5.41) is 2.83. The minimum Gasteiger partial charge on any atom is -0.493 e. The Morgan fingerprint density at radius 2 is 1.36 bits per heavy atom. The van der Waals surface area contributed by atoms with Gasteiger partial charge >= 0.3 is 0 Å². The highest BCUT2D eigenvalue weighted by molar-refractivity contribution is 6.07. The maximum atomic E-state index is 14.2. The molecular weight excluding hydrogens is 588 g/mol. The molecule has 1 aliphatic heterocycles. The standard InChI is InChI=1S/C40H44N2O5/c1-39(2)21-29-37(31(43)23-39)36(27-16-17-33(34(20-27)46-5)47-25-35(45)41-28-14-10-7-11-15-28)38-30(22-40(3,4)24-32(38)44)42(29)19-18-26-12-8-6-9-13-26/h6-17,20,36H,18-19,21-25H2,1-5H3,(H,41,45). The van der Waals surface area contributed by atoms with Crippen LogP contribution in [0.15, 0.2) is 101 Å². The van der Waals surface area contributed by atoms with Crippen molar-refractivity contribution in [1.82, 2.24) is 4.90 Å². The molecule has 0 atom stereocenters. The summed E-state index contributed by atoms with van der Waals surface area (Å²) in [6, 6.07) is 25.1. The molecule has 1 heterocycles. The highest BCUT2D eigenvalue weighted by atomic mass is 16.5. The monoisotopic (exact) mass is 632 g/mol. The van der Waals surface area contributed by atoms with E-state index in [4.69, 9.17) is 9.47 Å². The molecule has 244 valence electrons. The van der Waals surface area contributed by atoms with Crippen molar-refractivity contribution in [2.75, 3.05) is 25.6 Å². The minimum absolute atomic E-state index is 0.0898. The van der Waals surface area contributed by atoms with Crippen molar-refractivity contribution in [2.24, 2.45) is 10.8 Å². The number of allylic oxidation sites excluding steroid dienone is 4. The molecule has 7 nitrogen and oxygen atoms in total. The Labute approximate surface area is 277 Å². The fourth-order valence-corrected chi connectivity index (χ4v) is 7.38. The summed E-state index contributed by atoms with van der Waals surface area (Å²) >= 11 is 0. The Bertz CT molecular complexity index is 1700. The van der Waals surface area contributed by atoms with E-state index in [1.54, 1.807) is 13.2 Å². The highest BCUT2D eigenvalue weighted by Crippen LogP contribution is 2.55. The molecule has 0 bridgehead atoms. The number of ketones is 2. The van der Waals surface area contributed by atoms with Crippen LogP contribution in [0.25, 0.3) is 0 Å². The van der Waals surface area contributed by atoms with Crippen LogP contribution in [0.1, 0.15) is 70.4 Å². The number of carbonyl (C=O) groups is 3. The van der Waals surface area contributed by atoms with E-state index in [1.165, 1.54) is 5.56 Å². The predicted molar refractivity (Wildman–Crippen MR) is 183 cm³/mol. The van der Waals surface area contributed by atoms with Crippen molar-refractivity contribution >= 4 is 23.2 Å². The van der Waals surface area contributed by atoms with E-state index in [1.807, 2.05) is 60.7 Å². The smallest absolute Gasteiger partial charge is 0.262 e. The minimum atomic E-state index is -0.496. The van der Waals surface area contributed by atoms with Crippen LogP contribution < -0.4 is 14.8 Å². The highest BCUT2D eigenvalue weighted by Gasteiger charge is 2.49. The molecule has 0 spiro atoms. The molecule has 47 heavy (non-hydrogen) atoms. The van der Waals surface area contributed by atoms with Crippen molar-refractivity contribution in [3.05, 3.63) is 113 Å². The zero-order valence-corrected chi connectivity index (χ0v) is 28.0. The SMILES string of the molecule is COc1cc(C2C3=C(CC(C)(C)CC3=O)N(CCc3ccccc3)C3=C2C(=O)CC(C)(C)C3)ccc1OCC(=O)Nc1ccccc1. The lowest BCUT2D eigenvalue weighted by Gasteiger charge is -2.49. The van der Waals surface area contributed by atoms with Crippen molar-refractivity contribution in [3.63, 3.8) is 0 Å². The summed E-state index contributed by atoms with van der Waals surface area (Å²) in [6.07, 6.45) is 3.15. The van der Waals surface area contributed by atoms with Crippen LogP contribution in [0, 0.1) is 10.8 Å². The van der Waals surface area contributed by atoms with Gasteiger partial charge in [-0.25, -0.2) is 0 Å². The number of nitrogens with zero attached hydrogens (tertiary/aromatic N) is 1. The first-order chi connectivity index (χ1) is 22.4. The van der Waals surface area contributed by atoms with Gasteiger partial charge in [-0.05, 0) is 65.5 Å². The number of anilines is 1. The Morgan fingerprint density at radius 1 is 0.787 bits per heavy atom. The fraction of sp³-hybridized carbons (Fsp3) is 0.375. The number of ether oxygens (including phenoxy) is 2. The van der Waals surface area contributed by atoms with Crippen LogP contribution in [-0.2, 0) is 20.8 Å². The molecule has 3 aliphatic rings. The zero-order chi connectivity index (χ0) is 33.3. The normalized spacial score (nSPS) is 18.9. The van der Waals surface area contributed by atoms with E-state index in [-0.39, 0.29) is 34.9 Å². The maximum absolute atomic E-state index is 14.2. The van der Waals surface area contributed by atoms with Gasteiger partial charge in [-0.3, -0.25) is 14.4 Å². The summed E-state index contributed by atoms with van der Waals surface area (Å²) in [5.74, 6) is 0.248. The van der Waals surface area contributed by atoms with Gasteiger partial charge < -0.3 is 19.7 Å². The number of Topliss-reactive ketones (excluding diaryl/α,β-unsaturated/α-hetero) is 2. The Kier molecular flexibility index (Phi) is 8.84. The van der Waals surface area contributed by atoms with Gasteiger partial charge in [-0.2, -0.15) is 0 Å². The van der Waals surface area contributed by atoms with Crippen LogP contribution >= 0.6 is 0 Å². The Hall–Kier alpha value is -4.65. The van der Waals surface area contributed by atoms with E-state index >= 15 is 0 Å². The molecule has 3 aromatic carbocycles. The average molecular weight is 633 g/mol. The third-order valence-electron chi connectivity index (χ3n) is 9.43. The topological polar surface area (TPSA) is 84.9 Å².